The van der Waals surface area contributed by atoms with Gasteiger partial charge < -0.3 is 10.2 Å². The van der Waals surface area contributed by atoms with Gasteiger partial charge in [-0.05, 0) is 18.9 Å². The van der Waals surface area contributed by atoms with Gasteiger partial charge in [-0.1, -0.05) is 32.6 Å². The molecule has 1 heterocycles. The third-order valence-corrected chi connectivity index (χ3v) is 2.51. The smallest absolute Gasteiger partial charge is 0.103 e. The molecule has 2 nitrogen and oxygen atoms in total. The van der Waals surface area contributed by atoms with Crippen LogP contribution < -0.4 is 5.32 Å². The molecule has 1 atom stereocenters. The van der Waals surface area contributed by atoms with E-state index in [-0.39, 0.29) is 0 Å². The summed E-state index contributed by atoms with van der Waals surface area (Å²) in [6.07, 6.45) is 9.27. The second kappa shape index (κ2) is 5.44. The van der Waals surface area contributed by atoms with Gasteiger partial charge in [0.1, 0.15) is 5.82 Å². The molecule has 0 aromatic carbocycles. The van der Waals surface area contributed by atoms with Crippen LogP contribution in [0.25, 0.3) is 0 Å². The average molecular weight is 204 g/mol. The van der Waals surface area contributed by atoms with E-state index in [1.165, 1.54) is 0 Å². The standard InChI is InChI=1S/C13H20N2/c1-5-7-13(8-6-2)15-10-9-11(3)14-12(15)4/h5,9-10,13-14H,1,3-4,6-8H2,2H3. The fourth-order valence-electron chi connectivity index (χ4n) is 1.79. The maximum atomic E-state index is 4.00. The molecule has 1 aliphatic heterocycles. The molecule has 0 fully saturated rings. The van der Waals surface area contributed by atoms with Crippen molar-refractivity contribution in [1.29, 1.82) is 0 Å². The zero-order valence-corrected chi connectivity index (χ0v) is 9.50. The van der Waals surface area contributed by atoms with Gasteiger partial charge >= 0.3 is 0 Å². The van der Waals surface area contributed by atoms with Crippen molar-refractivity contribution in [3.05, 3.63) is 49.6 Å². The maximum Gasteiger partial charge on any atom is 0.103 e. The van der Waals surface area contributed by atoms with Crippen LogP contribution in [0.4, 0.5) is 0 Å². The van der Waals surface area contributed by atoms with Gasteiger partial charge in [0, 0.05) is 17.9 Å². The Balaban J connectivity index is 2.73. The van der Waals surface area contributed by atoms with E-state index >= 15 is 0 Å². The minimum Gasteiger partial charge on any atom is -0.343 e. The van der Waals surface area contributed by atoms with E-state index in [1.807, 2.05) is 18.4 Å². The van der Waals surface area contributed by atoms with Gasteiger partial charge in [-0.3, -0.25) is 0 Å². The maximum absolute atomic E-state index is 4.00. The topological polar surface area (TPSA) is 15.3 Å². The van der Waals surface area contributed by atoms with Crippen LogP contribution in [-0.4, -0.2) is 10.9 Å². The Kier molecular flexibility index (Phi) is 4.22. The third kappa shape index (κ3) is 3.01. The summed E-state index contributed by atoms with van der Waals surface area (Å²) < 4.78 is 0. The van der Waals surface area contributed by atoms with E-state index in [0.29, 0.717) is 6.04 Å². The molecule has 0 saturated heterocycles. The van der Waals surface area contributed by atoms with Crippen LogP contribution in [-0.2, 0) is 0 Å². The van der Waals surface area contributed by atoms with Gasteiger partial charge in [-0.15, -0.1) is 6.58 Å². The summed E-state index contributed by atoms with van der Waals surface area (Å²) >= 11 is 0. The summed E-state index contributed by atoms with van der Waals surface area (Å²) in [5.41, 5.74) is 0.894. The molecule has 0 saturated carbocycles. The Morgan fingerprint density at radius 2 is 2.27 bits per heavy atom. The van der Waals surface area contributed by atoms with Gasteiger partial charge in [0.05, 0.1) is 0 Å². The Hall–Kier alpha value is -1.44. The Morgan fingerprint density at radius 1 is 1.53 bits per heavy atom. The lowest BCUT2D eigenvalue weighted by molar-refractivity contribution is 0.301. The van der Waals surface area contributed by atoms with Crippen molar-refractivity contribution in [2.24, 2.45) is 0 Å². The zero-order chi connectivity index (χ0) is 11.3. The highest BCUT2D eigenvalue weighted by molar-refractivity contribution is 5.24. The first kappa shape index (κ1) is 11.6. The molecule has 1 unspecified atom stereocenters. The predicted molar refractivity (Wildman–Crippen MR) is 65.9 cm³/mol. The highest BCUT2D eigenvalue weighted by Crippen LogP contribution is 2.19. The lowest BCUT2D eigenvalue weighted by Gasteiger charge is -2.34. The number of nitrogens with one attached hydrogen (secondary N) is 1. The molecule has 0 aromatic rings. The lowest BCUT2D eigenvalue weighted by Crippen LogP contribution is -2.37. The number of allylic oxidation sites excluding steroid dienone is 1. The number of rotatable bonds is 5. The van der Waals surface area contributed by atoms with Crippen molar-refractivity contribution in [3.8, 4) is 0 Å². The monoisotopic (exact) mass is 204 g/mol. The SMILES string of the molecule is C=CCC(CCC)N1C=CC(=C)NC1=C. The first-order valence-corrected chi connectivity index (χ1v) is 5.41. The van der Waals surface area contributed by atoms with Crippen molar-refractivity contribution in [2.75, 3.05) is 0 Å². The Morgan fingerprint density at radius 3 is 2.80 bits per heavy atom. The van der Waals surface area contributed by atoms with Gasteiger partial charge in [0.15, 0.2) is 0 Å². The fourth-order valence-corrected chi connectivity index (χ4v) is 1.79. The van der Waals surface area contributed by atoms with E-state index in [0.717, 1.165) is 30.8 Å². The summed E-state index contributed by atoms with van der Waals surface area (Å²) in [6, 6.07) is 0.455. The van der Waals surface area contributed by atoms with Gasteiger partial charge in [-0.2, -0.15) is 0 Å². The van der Waals surface area contributed by atoms with E-state index in [9.17, 15) is 0 Å². The summed E-state index contributed by atoms with van der Waals surface area (Å²) in [7, 11) is 0. The first-order chi connectivity index (χ1) is 7.19. The van der Waals surface area contributed by atoms with E-state index in [2.05, 4.69) is 36.9 Å². The number of hydrogen-bond donors (Lipinski definition) is 1. The summed E-state index contributed by atoms with van der Waals surface area (Å²) in [5, 5.41) is 3.14. The number of hydrogen-bond acceptors (Lipinski definition) is 2. The van der Waals surface area contributed by atoms with Crippen LogP contribution in [0.2, 0.25) is 0 Å². The summed E-state index contributed by atoms with van der Waals surface area (Å²) in [4.78, 5) is 2.17. The quantitative estimate of drug-likeness (QED) is 0.692. The molecule has 1 N–H and O–H groups in total. The van der Waals surface area contributed by atoms with Crippen LogP contribution in [0.5, 0.6) is 0 Å². The van der Waals surface area contributed by atoms with Gasteiger partial charge in [-0.25, -0.2) is 0 Å². The van der Waals surface area contributed by atoms with Crippen molar-refractivity contribution in [2.45, 2.75) is 32.2 Å². The molecule has 1 aliphatic rings. The van der Waals surface area contributed by atoms with Crippen LogP contribution in [0.3, 0.4) is 0 Å². The third-order valence-electron chi connectivity index (χ3n) is 2.51. The molecule has 82 valence electrons. The van der Waals surface area contributed by atoms with Crippen LogP contribution in [0, 0.1) is 0 Å². The van der Waals surface area contributed by atoms with Gasteiger partial charge in [0.25, 0.3) is 0 Å². The highest BCUT2D eigenvalue weighted by Gasteiger charge is 2.18. The van der Waals surface area contributed by atoms with E-state index in [4.69, 9.17) is 0 Å². The zero-order valence-electron chi connectivity index (χ0n) is 9.50. The van der Waals surface area contributed by atoms with Crippen LogP contribution >= 0.6 is 0 Å². The highest BCUT2D eigenvalue weighted by atomic mass is 15.3. The normalized spacial score (nSPS) is 17.5. The summed E-state index contributed by atoms with van der Waals surface area (Å²) in [5.74, 6) is 0.905. The van der Waals surface area contributed by atoms with E-state index < -0.39 is 0 Å². The molecule has 2 heteroatoms. The molecular formula is C13H20N2. The molecule has 0 aliphatic carbocycles. The van der Waals surface area contributed by atoms with Crippen molar-refractivity contribution >= 4 is 0 Å². The van der Waals surface area contributed by atoms with Crippen molar-refractivity contribution < 1.29 is 0 Å². The Bertz CT molecular complexity index is 289. The minimum atomic E-state index is 0.455. The lowest BCUT2D eigenvalue weighted by atomic mass is 10.1. The van der Waals surface area contributed by atoms with Crippen LogP contribution in [0.15, 0.2) is 49.6 Å². The largest absolute Gasteiger partial charge is 0.343 e. The molecule has 0 aromatic heterocycles. The molecule has 1 rings (SSSR count). The second-order valence-electron chi connectivity index (χ2n) is 3.79. The fraction of sp³-hybridized carbons (Fsp3) is 0.385. The molecule has 0 bridgehead atoms. The van der Waals surface area contributed by atoms with Gasteiger partial charge in [0.2, 0.25) is 0 Å². The average Bonchev–Trinajstić information content (AvgIpc) is 2.17. The molecule has 0 spiro atoms. The molecular weight excluding hydrogens is 184 g/mol. The minimum absolute atomic E-state index is 0.455. The molecule has 0 amide bonds. The van der Waals surface area contributed by atoms with Crippen molar-refractivity contribution in [3.63, 3.8) is 0 Å². The van der Waals surface area contributed by atoms with Crippen molar-refractivity contribution in [1.82, 2.24) is 10.2 Å². The first-order valence-electron chi connectivity index (χ1n) is 5.41. The molecule has 0 radical (unpaired) electrons. The van der Waals surface area contributed by atoms with E-state index in [1.54, 1.807) is 0 Å². The predicted octanol–water partition coefficient (Wildman–Crippen LogP) is 3.14. The summed E-state index contributed by atoms with van der Waals surface area (Å²) in [6.45, 7) is 13.8. The second-order valence-corrected chi connectivity index (χ2v) is 3.79. The molecule has 15 heavy (non-hydrogen) atoms. The number of nitrogens with zero attached hydrogens (tertiary/aromatic N) is 1. The Labute approximate surface area is 92.7 Å². The van der Waals surface area contributed by atoms with Crippen LogP contribution in [0.1, 0.15) is 26.2 Å².